The molecule has 8 heteroatoms. The van der Waals surface area contributed by atoms with Gasteiger partial charge in [0.2, 0.25) is 12.5 Å². The monoisotopic (exact) mass is 376 g/mol. The Hall–Kier alpha value is -2.74. The molecule has 2 aromatic rings. The Labute approximate surface area is 150 Å². The van der Waals surface area contributed by atoms with E-state index in [1.54, 1.807) is 30.3 Å². The van der Waals surface area contributed by atoms with Crippen molar-refractivity contribution in [3.05, 3.63) is 47.5 Å². The molecule has 1 unspecified atom stereocenters. The summed E-state index contributed by atoms with van der Waals surface area (Å²) in [5, 5.41) is -0.818. The second kappa shape index (κ2) is 6.21. The molecular formula is C18H16O7S. The number of hydrogen-bond donors (Lipinski definition) is 0. The van der Waals surface area contributed by atoms with Crippen LogP contribution in [0.2, 0.25) is 0 Å². The van der Waals surface area contributed by atoms with E-state index in [0.717, 1.165) is 0 Å². The Bertz CT molecular complexity index is 967. The number of ether oxygens (including phenoxy) is 4. The van der Waals surface area contributed by atoms with Crippen LogP contribution in [-0.4, -0.2) is 40.1 Å². The highest BCUT2D eigenvalue weighted by molar-refractivity contribution is 7.92. The van der Waals surface area contributed by atoms with Crippen LogP contribution < -0.4 is 14.2 Å². The average Bonchev–Trinajstić information content (AvgIpc) is 3.15. The highest BCUT2D eigenvalue weighted by Crippen LogP contribution is 2.47. The van der Waals surface area contributed by atoms with Crippen LogP contribution in [0.3, 0.4) is 0 Å². The van der Waals surface area contributed by atoms with Gasteiger partial charge in [0.25, 0.3) is 0 Å². The third kappa shape index (κ3) is 2.57. The van der Waals surface area contributed by atoms with Gasteiger partial charge < -0.3 is 18.9 Å². The zero-order valence-electron chi connectivity index (χ0n) is 13.9. The summed E-state index contributed by atoms with van der Waals surface area (Å²) in [6.45, 7) is -0.0217. The summed E-state index contributed by atoms with van der Waals surface area (Å²) in [6.07, 6.45) is 0.119. The molecule has 2 aromatic carbocycles. The van der Waals surface area contributed by atoms with Gasteiger partial charge in [-0.25, -0.2) is 13.2 Å². The molecule has 0 aromatic heterocycles. The molecule has 0 bridgehead atoms. The predicted octanol–water partition coefficient (Wildman–Crippen LogP) is 1.98. The van der Waals surface area contributed by atoms with E-state index >= 15 is 0 Å². The minimum Gasteiger partial charge on any atom is -0.488 e. The number of esters is 1. The molecule has 7 nitrogen and oxygen atoms in total. The van der Waals surface area contributed by atoms with Crippen LogP contribution >= 0.6 is 0 Å². The fourth-order valence-corrected chi connectivity index (χ4v) is 4.72. The van der Waals surface area contributed by atoms with Crippen LogP contribution in [0.1, 0.15) is 15.9 Å². The van der Waals surface area contributed by atoms with Gasteiger partial charge in [0, 0.05) is 5.56 Å². The molecule has 2 aliphatic heterocycles. The van der Waals surface area contributed by atoms with Crippen molar-refractivity contribution in [2.24, 2.45) is 0 Å². The zero-order valence-corrected chi connectivity index (χ0v) is 14.7. The Morgan fingerprint density at radius 2 is 1.88 bits per heavy atom. The molecule has 0 aliphatic carbocycles. The normalized spacial score (nSPS) is 18.0. The molecule has 26 heavy (non-hydrogen) atoms. The zero-order chi connectivity index (χ0) is 18.3. The molecule has 2 heterocycles. The number of methoxy groups -OCH3 is 1. The molecule has 0 N–H and O–H groups in total. The van der Waals surface area contributed by atoms with Crippen molar-refractivity contribution in [3.8, 4) is 17.2 Å². The van der Waals surface area contributed by atoms with Crippen molar-refractivity contribution in [1.82, 2.24) is 0 Å². The van der Waals surface area contributed by atoms with Crippen molar-refractivity contribution in [3.63, 3.8) is 0 Å². The van der Waals surface area contributed by atoms with Gasteiger partial charge in [-0.3, -0.25) is 0 Å². The van der Waals surface area contributed by atoms with E-state index in [9.17, 15) is 13.2 Å². The van der Waals surface area contributed by atoms with E-state index < -0.39 is 21.1 Å². The third-order valence-corrected chi connectivity index (χ3v) is 6.59. The second-order valence-corrected chi connectivity index (χ2v) is 8.18. The largest absolute Gasteiger partial charge is 0.488 e. The van der Waals surface area contributed by atoms with Crippen LogP contribution in [0, 0.1) is 0 Å². The maximum Gasteiger partial charge on any atom is 0.338 e. The summed E-state index contributed by atoms with van der Waals surface area (Å²) in [7, 11) is -2.35. The Balaban J connectivity index is 1.78. The van der Waals surface area contributed by atoms with Crippen molar-refractivity contribution >= 4 is 15.8 Å². The molecule has 0 fully saturated rings. The van der Waals surface area contributed by atoms with E-state index in [4.69, 9.17) is 18.9 Å². The molecule has 0 saturated heterocycles. The summed E-state index contributed by atoms with van der Waals surface area (Å²) in [6, 6.07) is 9.69. The number of rotatable bonds is 3. The van der Waals surface area contributed by atoms with Gasteiger partial charge in [0.15, 0.2) is 21.3 Å². The number of carbonyl (C=O) groups is 1. The number of sulfone groups is 1. The molecule has 136 valence electrons. The van der Waals surface area contributed by atoms with Crippen LogP contribution in [0.15, 0.2) is 41.3 Å². The molecular weight excluding hydrogens is 360 g/mol. The number of fused-ring (bicyclic) bond motifs is 3. The SMILES string of the molecule is COC(=O)c1cc2c(c3c1CC(S(=O)(=O)c1ccccc1)CO3)OCO2. The third-order valence-electron chi connectivity index (χ3n) is 4.48. The number of hydrogen-bond acceptors (Lipinski definition) is 7. The van der Waals surface area contributed by atoms with E-state index in [1.165, 1.54) is 13.2 Å². The molecule has 4 rings (SSSR count). The minimum atomic E-state index is -3.62. The second-order valence-electron chi connectivity index (χ2n) is 5.95. The van der Waals surface area contributed by atoms with E-state index in [0.29, 0.717) is 22.8 Å². The van der Waals surface area contributed by atoms with E-state index in [2.05, 4.69) is 0 Å². The van der Waals surface area contributed by atoms with Crippen molar-refractivity contribution in [1.29, 1.82) is 0 Å². The topological polar surface area (TPSA) is 88.1 Å². The Morgan fingerprint density at radius 1 is 1.12 bits per heavy atom. The lowest BCUT2D eigenvalue weighted by Gasteiger charge is -2.27. The Morgan fingerprint density at radius 3 is 2.62 bits per heavy atom. The van der Waals surface area contributed by atoms with Gasteiger partial charge in [0.05, 0.1) is 17.6 Å². The number of carbonyl (C=O) groups excluding carboxylic acids is 1. The fraction of sp³-hybridized carbons (Fsp3) is 0.278. The van der Waals surface area contributed by atoms with E-state index in [1.807, 2.05) is 0 Å². The lowest BCUT2D eigenvalue weighted by atomic mass is 9.98. The van der Waals surface area contributed by atoms with Crippen LogP contribution in [0.25, 0.3) is 0 Å². The van der Waals surface area contributed by atoms with Crippen LogP contribution in [-0.2, 0) is 21.0 Å². The Kier molecular flexibility index (Phi) is 3.99. The quantitative estimate of drug-likeness (QED) is 0.757. The molecule has 0 radical (unpaired) electrons. The maximum absolute atomic E-state index is 12.9. The summed E-state index contributed by atoms with van der Waals surface area (Å²) < 4.78 is 47.2. The summed E-state index contributed by atoms with van der Waals surface area (Å²) in [5.74, 6) is 0.539. The van der Waals surface area contributed by atoms with Gasteiger partial charge in [0.1, 0.15) is 11.9 Å². The van der Waals surface area contributed by atoms with Gasteiger partial charge in [-0.05, 0) is 24.6 Å². The van der Waals surface area contributed by atoms with Crippen LogP contribution in [0.4, 0.5) is 0 Å². The summed E-state index contributed by atoms with van der Waals surface area (Å²) in [4.78, 5) is 12.4. The summed E-state index contributed by atoms with van der Waals surface area (Å²) in [5.41, 5.74) is 0.677. The molecule has 0 amide bonds. The van der Waals surface area contributed by atoms with Crippen molar-refractivity contribution in [2.45, 2.75) is 16.6 Å². The highest BCUT2D eigenvalue weighted by atomic mass is 32.2. The predicted molar refractivity (Wildman–Crippen MR) is 90.5 cm³/mol. The first-order valence-corrected chi connectivity index (χ1v) is 9.52. The lowest BCUT2D eigenvalue weighted by Crippen LogP contribution is -2.34. The van der Waals surface area contributed by atoms with Crippen molar-refractivity contribution < 1.29 is 32.2 Å². The molecule has 0 saturated carbocycles. The van der Waals surface area contributed by atoms with Gasteiger partial charge in [-0.2, -0.15) is 0 Å². The van der Waals surface area contributed by atoms with Gasteiger partial charge in [-0.1, -0.05) is 18.2 Å². The average molecular weight is 376 g/mol. The van der Waals surface area contributed by atoms with Gasteiger partial charge >= 0.3 is 5.97 Å². The first-order valence-electron chi connectivity index (χ1n) is 7.98. The fourth-order valence-electron chi connectivity index (χ4n) is 3.16. The van der Waals surface area contributed by atoms with E-state index in [-0.39, 0.29) is 30.3 Å². The first kappa shape index (κ1) is 16.7. The number of benzene rings is 2. The lowest BCUT2D eigenvalue weighted by molar-refractivity contribution is 0.0597. The molecule has 1 atom stereocenters. The first-order chi connectivity index (χ1) is 12.5. The molecule has 0 spiro atoms. The smallest absolute Gasteiger partial charge is 0.338 e. The minimum absolute atomic E-state index is 0.0154. The molecule has 2 aliphatic rings. The highest BCUT2D eigenvalue weighted by Gasteiger charge is 2.38. The van der Waals surface area contributed by atoms with Crippen molar-refractivity contribution in [2.75, 3.05) is 20.5 Å². The van der Waals surface area contributed by atoms with Crippen LogP contribution in [0.5, 0.6) is 17.2 Å². The standard InChI is InChI=1S/C18H16O7S/c1-22-18(19)14-8-15-17(25-10-24-15)16-13(14)7-12(9-23-16)26(20,21)11-5-3-2-4-6-11/h2-6,8,12H,7,9-10H2,1H3. The summed E-state index contributed by atoms with van der Waals surface area (Å²) >= 11 is 0. The maximum atomic E-state index is 12.9. The van der Waals surface area contributed by atoms with Gasteiger partial charge in [-0.15, -0.1) is 0 Å².